The van der Waals surface area contributed by atoms with Crippen LogP contribution in [0.2, 0.25) is 0 Å². The third-order valence-corrected chi connectivity index (χ3v) is 1.77. The Morgan fingerprint density at radius 2 is 2.06 bits per heavy atom. The van der Waals surface area contributed by atoms with Gasteiger partial charge in [-0.15, -0.1) is 0 Å². The third kappa shape index (κ3) is 2.60. The van der Waals surface area contributed by atoms with Crippen LogP contribution in [0.25, 0.3) is 6.08 Å². The molecule has 4 nitrogen and oxygen atoms in total. The minimum atomic E-state index is -1.27. The lowest BCUT2D eigenvalue weighted by atomic mass is 10.1. The summed E-state index contributed by atoms with van der Waals surface area (Å²) in [5, 5.41) is 18.8. The van der Waals surface area contributed by atoms with Gasteiger partial charge >= 0.3 is 0 Å². The van der Waals surface area contributed by atoms with Crippen molar-refractivity contribution in [2.24, 2.45) is 0 Å². The summed E-state index contributed by atoms with van der Waals surface area (Å²) in [5.41, 5.74) is -0.604. The average molecular weight is 224 g/mol. The smallest absolute Gasteiger partial charge is 0.258 e. The van der Waals surface area contributed by atoms with Crippen molar-refractivity contribution in [2.75, 3.05) is 0 Å². The van der Waals surface area contributed by atoms with E-state index in [0.717, 1.165) is 6.07 Å². The summed E-state index contributed by atoms with van der Waals surface area (Å²) in [7, 11) is 0. The van der Waals surface area contributed by atoms with Gasteiger partial charge in [0.05, 0.1) is 29.0 Å². The van der Waals surface area contributed by atoms with Crippen LogP contribution in [0.15, 0.2) is 18.2 Å². The topological polar surface area (TPSA) is 66.9 Å². The Balaban J connectivity index is 3.21. The van der Waals surface area contributed by atoms with Crippen molar-refractivity contribution in [3.05, 3.63) is 45.5 Å². The molecule has 0 fully saturated rings. The number of nitro benzene ring substituents is 1. The Kier molecular flexibility index (Phi) is 3.67. The minimum Gasteiger partial charge on any atom is -0.258 e. The standard InChI is InChI=1S/C10H6F2N2O2/c11-8-5-7(3-1-2-4-13)10(14(15)16)6-9(8)12/h1,3,5-6H,2H2. The maximum absolute atomic E-state index is 12.8. The lowest BCUT2D eigenvalue weighted by Crippen LogP contribution is -1.95. The monoisotopic (exact) mass is 224 g/mol. The molecular weight excluding hydrogens is 218 g/mol. The fraction of sp³-hybridized carbons (Fsp3) is 0.100. The molecule has 0 aliphatic carbocycles. The van der Waals surface area contributed by atoms with Crippen LogP contribution in [0.5, 0.6) is 0 Å². The Labute approximate surface area is 89.6 Å². The molecule has 0 aliphatic heterocycles. The van der Waals surface area contributed by atoms with Crippen LogP contribution in [0.4, 0.5) is 14.5 Å². The number of nitriles is 1. The van der Waals surface area contributed by atoms with Crippen molar-refractivity contribution >= 4 is 11.8 Å². The average Bonchev–Trinajstić information content (AvgIpc) is 2.23. The van der Waals surface area contributed by atoms with Gasteiger partial charge < -0.3 is 0 Å². The summed E-state index contributed by atoms with van der Waals surface area (Å²) in [6.45, 7) is 0. The molecule has 0 spiro atoms. The van der Waals surface area contributed by atoms with Crippen LogP contribution in [0, 0.1) is 33.1 Å². The molecule has 16 heavy (non-hydrogen) atoms. The zero-order valence-corrected chi connectivity index (χ0v) is 7.98. The van der Waals surface area contributed by atoms with E-state index < -0.39 is 22.2 Å². The molecule has 0 saturated carbocycles. The SMILES string of the molecule is N#CCC=Cc1cc(F)c(F)cc1[N+](=O)[O-]. The number of allylic oxidation sites excluding steroid dienone is 1. The highest BCUT2D eigenvalue weighted by molar-refractivity contribution is 5.61. The van der Waals surface area contributed by atoms with E-state index in [2.05, 4.69) is 0 Å². The van der Waals surface area contributed by atoms with Crippen molar-refractivity contribution < 1.29 is 13.7 Å². The van der Waals surface area contributed by atoms with Gasteiger partial charge in [0.15, 0.2) is 11.6 Å². The van der Waals surface area contributed by atoms with Gasteiger partial charge in [0.2, 0.25) is 0 Å². The Morgan fingerprint density at radius 1 is 1.44 bits per heavy atom. The van der Waals surface area contributed by atoms with Crippen LogP contribution in [-0.4, -0.2) is 4.92 Å². The molecule has 0 aliphatic rings. The molecule has 0 radical (unpaired) electrons. The summed E-state index contributed by atoms with van der Waals surface area (Å²) in [6, 6.07) is 3.03. The van der Waals surface area contributed by atoms with Gasteiger partial charge in [0.1, 0.15) is 0 Å². The van der Waals surface area contributed by atoms with Crippen molar-refractivity contribution in [1.29, 1.82) is 5.26 Å². The molecule has 6 heteroatoms. The summed E-state index contributed by atoms with van der Waals surface area (Å²) in [5.74, 6) is -2.44. The predicted molar refractivity (Wildman–Crippen MR) is 52.3 cm³/mol. The molecule has 0 heterocycles. The first kappa shape index (κ1) is 11.8. The summed E-state index contributed by atoms with van der Waals surface area (Å²) in [6.07, 6.45) is 2.58. The highest BCUT2D eigenvalue weighted by atomic mass is 19.2. The highest BCUT2D eigenvalue weighted by Crippen LogP contribution is 2.23. The second kappa shape index (κ2) is 4.98. The number of halogens is 2. The molecule has 0 saturated heterocycles. The Hall–Kier alpha value is -2.29. The summed E-state index contributed by atoms with van der Waals surface area (Å²) in [4.78, 5) is 9.72. The van der Waals surface area contributed by atoms with Crippen molar-refractivity contribution in [1.82, 2.24) is 0 Å². The lowest BCUT2D eigenvalue weighted by Gasteiger charge is -1.98. The molecule has 82 valence electrons. The highest BCUT2D eigenvalue weighted by Gasteiger charge is 2.16. The van der Waals surface area contributed by atoms with E-state index in [0.29, 0.717) is 6.07 Å². The van der Waals surface area contributed by atoms with E-state index in [1.165, 1.54) is 12.2 Å². The quantitative estimate of drug-likeness (QED) is 0.585. The maximum atomic E-state index is 12.8. The number of benzene rings is 1. The molecule has 0 atom stereocenters. The van der Waals surface area contributed by atoms with Gasteiger partial charge in [0.25, 0.3) is 5.69 Å². The van der Waals surface area contributed by atoms with Crippen molar-refractivity contribution in [2.45, 2.75) is 6.42 Å². The number of nitrogens with zero attached hydrogens (tertiary/aromatic N) is 2. The van der Waals surface area contributed by atoms with Gasteiger partial charge in [-0.1, -0.05) is 12.2 Å². The summed E-state index contributed by atoms with van der Waals surface area (Å²) >= 11 is 0. The van der Waals surface area contributed by atoms with Crippen molar-refractivity contribution in [3.63, 3.8) is 0 Å². The maximum Gasteiger partial charge on any atom is 0.279 e. The molecule has 1 aromatic carbocycles. The zero-order chi connectivity index (χ0) is 12.1. The Morgan fingerprint density at radius 3 is 2.62 bits per heavy atom. The van der Waals surface area contributed by atoms with Crippen LogP contribution in [-0.2, 0) is 0 Å². The van der Waals surface area contributed by atoms with Gasteiger partial charge in [-0.05, 0) is 6.07 Å². The predicted octanol–water partition coefficient (Wildman–Crippen LogP) is 2.80. The third-order valence-electron chi connectivity index (χ3n) is 1.77. The molecule has 0 aromatic heterocycles. The van der Waals surface area contributed by atoms with Gasteiger partial charge in [-0.3, -0.25) is 10.1 Å². The fourth-order valence-corrected chi connectivity index (χ4v) is 1.08. The van der Waals surface area contributed by atoms with Crippen LogP contribution in [0.3, 0.4) is 0 Å². The first-order valence-electron chi connectivity index (χ1n) is 4.23. The number of hydrogen-bond donors (Lipinski definition) is 0. The number of rotatable bonds is 3. The van der Waals surface area contributed by atoms with E-state index in [-0.39, 0.29) is 12.0 Å². The molecule has 0 N–H and O–H groups in total. The van der Waals surface area contributed by atoms with Crippen molar-refractivity contribution in [3.8, 4) is 6.07 Å². The second-order valence-electron chi connectivity index (χ2n) is 2.85. The lowest BCUT2D eigenvalue weighted by molar-refractivity contribution is -0.385. The molecular formula is C10H6F2N2O2. The normalized spacial score (nSPS) is 10.3. The van der Waals surface area contributed by atoms with E-state index in [4.69, 9.17) is 5.26 Å². The molecule has 1 rings (SSSR count). The molecule has 0 amide bonds. The largest absolute Gasteiger partial charge is 0.279 e. The van der Waals surface area contributed by atoms with Gasteiger partial charge in [-0.25, -0.2) is 8.78 Å². The van der Waals surface area contributed by atoms with E-state index >= 15 is 0 Å². The molecule has 0 unspecified atom stereocenters. The second-order valence-corrected chi connectivity index (χ2v) is 2.85. The first-order chi connectivity index (χ1) is 7.56. The van der Waals surface area contributed by atoms with Gasteiger partial charge in [0, 0.05) is 0 Å². The first-order valence-corrected chi connectivity index (χ1v) is 4.23. The van der Waals surface area contributed by atoms with Crippen LogP contribution < -0.4 is 0 Å². The number of nitro groups is 1. The van der Waals surface area contributed by atoms with Crippen LogP contribution >= 0.6 is 0 Å². The fourth-order valence-electron chi connectivity index (χ4n) is 1.08. The molecule has 0 bridgehead atoms. The van der Waals surface area contributed by atoms with E-state index in [9.17, 15) is 18.9 Å². The van der Waals surface area contributed by atoms with E-state index in [1.54, 1.807) is 6.07 Å². The van der Waals surface area contributed by atoms with E-state index in [1.807, 2.05) is 0 Å². The molecule has 1 aromatic rings. The van der Waals surface area contributed by atoms with Crippen LogP contribution in [0.1, 0.15) is 12.0 Å². The van der Waals surface area contributed by atoms with Gasteiger partial charge in [-0.2, -0.15) is 5.26 Å². The summed E-state index contributed by atoms with van der Waals surface area (Å²) < 4.78 is 25.6. The Bertz CT molecular complexity index is 492. The zero-order valence-electron chi connectivity index (χ0n) is 7.98. The number of hydrogen-bond acceptors (Lipinski definition) is 3. The minimum absolute atomic E-state index is 0.0378.